The summed E-state index contributed by atoms with van der Waals surface area (Å²) in [6.45, 7) is 11.2. The number of allylic oxidation sites excluding steroid dienone is 7. The van der Waals surface area contributed by atoms with Crippen LogP contribution in [0.15, 0.2) is 58.7 Å². The molecule has 1 amide bonds. The second-order valence-corrected chi connectivity index (χ2v) is 8.06. The lowest BCUT2D eigenvalue weighted by Crippen LogP contribution is -2.37. The van der Waals surface area contributed by atoms with Crippen molar-refractivity contribution in [1.29, 1.82) is 5.41 Å². The zero-order chi connectivity index (χ0) is 20.9. The van der Waals surface area contributed by atoms with E-state index in [1.54, 1.807) is 6.08 Å². The maximum absolute atomic E-state index is 12.3. The first kappa shape index (κ1) is 23.9. The second kappa shape index (κ2) is 13.1. The minimum absolute atomic E-state index is 0.0683. The van der Waals surface area contributed by atoms with Crippen LogP contribution in [0.25, 0.3) is 0 Å². The molecular weight excluding hydrogens is 344 g/mol. The van der Waals surface area contributed by atoms with E-state index in [9.17, 15) is 4.79 Å². The van der Waals surface area contributed by atoms with E-state index in [4.69, 9.17) is 5.41 Å². The molecule has 1 heterocycles. The Labute approximate surface area is 172 Å². The summed E-state index contributed by atoms with van der Waals surface area (Å²) in [5.41, 5.74) is 5.35. The third-order valence-electron chi connectivity index (χ3n) is 4.88. The quantitative estimate of drug-likeness (QED) is 0.324. The fourth-order valence-electron chi connectivity index (χ4n) is 3.06. The highest BCUT2D eigenvalue weighted by molar-refractivity contribution is 6.03. The number of hydrogen-bond acceptors (Lipinski definition) is 2. The average Bonchev–Trinajstić information content (AvgIpc) is 2.61. The maximum atomic E-state index is 12.3. The van der Waals surface area contributed by atoms with Gasteiger partial charge in [-0.25, -0.2) is 0 Å². The number of amides is 1. The van der Waals surface area contributed by atoms with Crippen LogP contribution in [0.5, 0.6) is 0 Å². The molecule has 3 nitrogen and oxygen atoms in total. The molecule has 154 valence electrons. The molecule has 1 aliphatic rings. The zero-order valence-corrected chi connectivity index (χ0v) is 18.5. The molecule has 0 bridgehead atoms. The monoisotopic (exact) mass is 382 g/mol. The Hall–Kier alpha value is -2.16. The van der Waals surface area contributed by atoms with Crippen LogP contribution < -0.4 is 0 Å². The van der Waals surface area contributed by atoms with Gasteiger partial charge in [-0.05, 0) is 73.1 Å². The van der Waals surface area contributed by atoms with Crippen LogP contribution in [0.2, 0.25) is 0 Å². The van der Waals surface area contributed by atoms with Crippen molar-refractivity contribution in [3.8, 4) is 0 Å². The molecule has 0 aromatic carbocycles. The fraction of sp³-hybridized carbons (Fsp3) is 0.520. The third-order valence-corrected chi connectivity index (χ3v) is 4.88. The molecule has 0 aliphatic carbocycles. The van der Waals surface area contributed by atoms with Crippen LogP contribution in [0, 0.1) is 5.41 Å². The van der Waals surface area contributed by atoms with Gasteiger partial charge >= 0.3 is 0 Å². The summed E-state index contributed by atoms with van der Waals surface area (Å²) in [5.74, 6) is 0.317. The van der Waals surface area contributed by atoms with Crippen LogP contribution in [0.3, 0.4) is 0 Å². The average molecular weight is 383 g/mol. The van der Waals surface area contributed by atoms with E-state index in [-0.39, 0.29) is 5.91 Å². The van der Waals surface area contributed by atoms with Crippen LogP contribution in [-0.2, 0) is 4.79 Å². The van der Waals surface area contributed by atoms with Gasteiger partial charge in [0, 0.05) is 19.0 Å². The fourth-order valence-corrected chi connectivity index (χ4v) is 3.06. The highest BCUT2D eigenvalue weighted by Gasteiger charge is 2.16. The van der Waals surface area contributed by atoms with Gasteiger partial charge in [0.25, 0.3) is 5.91 Å². The van der Waals surface area contributed by atoms with Gasteiger partial charge in [-0.3, -0.25) is 15.1 Å². The number of nitrogens with one attached hydrogen (secondary N) is 1. The zero-order valence-electron chi connectivity index (χ0n) is 18.5. The van der Waals surface area contributed by atoms with Crippen molar-refractivity contribution in [2.75, 3.05) is 6.54 Å². The summed E-state index contributed by atoms with van der Waals surface area (Å²) in [7, 11) is 0. The Morgan fingerprint density at radius 2 is 1.43 bits per heavy atom. The van der Waals surface area contributed by atoms with Gasteiger partial charge < -0.3 is 0 Å². The number of carbonyl (C=O) groups is 1. The standard InChI is InChI=1S/C25H38N2O/c1-20(2)11-8-12-21(3)13-9-14-22(4)15-10-16-23(5)19-25(28)27-18-7-6-17-24(27)26/h6-7,11,13,15,19,26H,8-10,12,14,16-18H2,1-5H3. The molecule has 0 spiro atoms. The summed E-state index contributed by atoms with van der Waals surface area (Å²) in [5, 5.41) is 7.87. The number of nitrogens with zero attached hydrogens (tertiary/aromatic N) is 1. The molecule has 1 N–H and O–H groups in total. The van der Waals surface area contributed by atoms with Crippen molar-refractivity contribution in [2.45, 2.75) is 79.6 Å². The molecule has 0 aromatic heterocycles. The van der Waals surface area contributed by atoms with Crippen molar-refractivity contribution in [3.63, 3.8) is 0 Å². The Balaban J connectivity index is 2.34. The Bertz CT molecular complexity index is 685. The topological polar surface area (TPSA) is 44.2 Å². The molecule has 0 radical (unpaired) electrons. The molecule has 0 atom stereocenters. The molecule has 0 saturated carbocycles. The van der Waals surface area contributed by atoms with E-state index < -0.39 is 0 Å². The number of hydrogen-bond donors (Lipinski definition) is 1. The minimum atomic E-state index is -0.0683. The van der Waals surface area contributed by atoms with Gasteiger partial charge in [-0.2, -0.15) is 0 Å². The largest absolute Gasteiger partial charge is 0.293 e. The number of amidine groups is 1. The lowest BCUT2D eigenvalue weighted by molar-refractivity contribution is -0.122. The van der Waals surface area contributed by atoms with Crippen molar-refractivity contribution >= 4 is 11.7 Å². The summed E-state index contributed by atoms with van der Waals surface area (Å²) < 4.78 is 0. The summed E-state index contributed by atoms with van der Waals surface area (Å²) >= 11 is 0. The van der Waals surface area contributed by atoms with E-state index in [1.165, 1.54) is 21.6 Å². The second-order valence-electron chi connectivity index (χ2n) is 8.06. The number of carbonyl (C=O) groups excluding carboxylic acids is 1. The Morgan fingerprint density at radius 1 is 0.893 bits per heavy atom. The summed E-state index contributed by atoms with van der Waals surface area (Å²) in [6.07, 6.45) is 19.4. The van der Waals surface area contributed by atoms with Gasteiger partial charge in [0.2, 0.25) is 0 Å². The molecule has 1 rings (SSSR count). The van der Waals surface area contributed by atoms with E-state index in [0.29, 0.717) is 18.8 Å². The van der Waals surface area contributed by atoms with E-state index >= 15 is 0 Å². The molecule has 0 unspecified atom stereocenters. The predicted octanol–water partition coefficient (Wildman–Crippen LogP) is 6.90. The van der Waals surface area contributed by atoms with Crippen molar-refractivity contribution < 1.29 is 4.79 Å². The van der Waals surface area contributed by atoms with Gasteiger partial charge in [0.1, 0.15) is 5.84 Å². The van der Waals surface area contributed by atoms with Gasteiger partial charge in [0.05, 0.1) is 0 Å². The van der Waals surface area contributed by atoms with Crippen LogP contribution >= 0.6 is 0 Å². The first-order valence-electron chi connectivity index (χ1n) is 10.4. The lowest BCUT2D eigenvalue weighted by Gasteiger charge is -2.22. The lowest BCUT2D eigenvalue weighted by atomic mass is 10.0. The highest BCUT2D eigenvalue weighted by Crippen LogP contribution is 2.14. The van der Waals surface area contributed by atoms with Crippen molar-refractivity contribution in [3.05, 3.63) is 58.7 Å². The molecular formula is C25H38N2O. The van der Waals surface area contributed by atoms with Crippen molar-refractivity contribution in [2.24, 2.45) is 0 Å². The molecule has 28 heavy (non-hydrogen) atoms. The van der Waals surface area contributed by atoms with Crippen molar-refractivity contribution in [1.82, 2.24) is 4.90 Å². The number of rotatable bonds is 10. The summed E-state index contributed by atoms with van der Waals surface area (Å²) in [6, 6.07) is 0. The van der Waals surface area contributed by atoms with Crippen LogP contribution in [-0.4, -0.2) is 23.2 Å². The highest BCUT2D eigenvalue weighted by atomic mass is 16.2. The molecule has 0 aromatic rings. The first-order valence-corrected chi connectivity index (χ1v) is 10.4. The Morgan fingerprint density at radius 3 is 1.96 bits per heavy atom. The van der Waals surface area contributed by atoms with E-state index in [1.807, 2.05) is 19.1 Å². The first-order chi connectivity index (χ1) is 13.3. The third kappa shape index (κ3) is 10.2. The van der Waals surface area contributed by atoms with Gasteiger partial charge in [-0.1, -0.05) is 52.7 Å². The molecule has 0 fully saturated rings. The van der Waals surface area contributed by atoms with Crippen LogP contribution in [0.1, 0.15) is 79.6 Å². The van der Waals surface area contributed by atoms with Gasteiger partial charge in [0.15, 0.2) is 0 Å². The normalized spacial score (nSPS) is 15.8. The maximum Gasteiger partial charge on any atom is 0.252 e. The predicted molar refractivity (Wildman–Crippen MR) is 122 cm³/mol. The molecule has 3 heteroatoms. The summed E-state index contributed by atoms with van der Waals surface area (Å²) in [4.78, 5) is 13.8. The Kier molecular flexibility index (Phi) is 11.2. The van der Waals surface area contributed by atoms with E-state index in [0.717, 1.165) is 44.1 Å². The smallest absolute Gasteiger partial charge is 0.252 e. The SMILES string of the molecule is CC(C)=CCCC(C)=CCCC(C)=CCCC(C)=CC(=O)N1CC=CCC1=N. The minimum Gasteiger partial charge on any atom is -0.293 e. The van der Waals surface area contributed by atoms with Crippen LogP contribution in [0.4, 0.5) is 0 Å². The van der Waals surface area contributed by atoms with E-state index in [2.05, 4.69) is 45.9 Å². The molecule has 1 aliphatic heterocycles. The molecule has 0 saturated heterocycles. The van der Waals surface area contributed by atoms with Gasteiger partial charge in [-0.15, -0.1) is 0 Å².